The van der Waals surface area contributed by atoms with E-state index in [0.717, 1.165) is 18.8 Å². The van der Waals surface area contributed by atoms with Gasteiger partial charge in [0, 0.05) is 27.2 Å². The van der Waals surface area contributed by atoms with E-state index in [1.807, 2.05) is 49.4 Å². The molecule has 0 N–H and O–H groups in total. The molecule has 0 spiro atoms. The number of aryl methyl sites for hydroxylation is 1. The van der Waals surface area contributed by atoms with E-state index in [1.54, 1.807) is 53.4 Å². The third-order valence-electron chi connectivity index (χ3n) is 6.26. The van der Waals surface area contributed by atoms with Crippen molar-refractivity contribution in [3.63, 3.8) is 0 Å². The second-order valence-corrected chi connectivity index (χ2v) is 12.8. The summed E-state index contributed by atoms with van der Waals surface area (Å²) in [5.41, 5.74) is 2.56. The quantitative estimate of drug-likeness (QED) is 0.200. The zero-order valence-corrected chi connectivity index (χ0v) is 25.3. The molecule has 0 radical (unpaired) electrons. The van der Waals surface area contributed by atoms with Crippen molar-refractivity contribution in [2.24, 2.45) is 0 Å². The molecular formula is C30H26Br2N2O4S. The lowest BCUT2D eigenvalue weighted by atomic mass is 9.99. The van der Waals surface area contributed by atoms with Crippen LogP contribution in [0, 0.1) is 6.92 Å². The summed E-state index contributed by atoms with van der Waals surface area (Å²) in [5.74, 6) is -0.976. The summed E-state index contributed by atoms with van der Waals surface area (Å²) in [5, 5.41) is 0. The monoisotopic (exact) mass is 668 g/mol. The fourth-order valence-electron chi connectivity index (χ4n) is 4.17. The van der Waals surface area contributed by atoms with Crippen molar-refractivity contribution in [3.8, 4) is 0 Å². The molecule has 200 valence electrons. The van der Waals surface area contributed by atoms with Crippen LogP contribution in [0.1, 0.15) is 33.9 Å². The molecule has 0 aromatic heterocycles. The molecule has 0 aliphatic carbocycles. The van der Waals surface area contributed by atoms with Gasteiger partial charge in [0.25, 0.3) is 15.9 Å². The van der Waals surface area contributed by atoms with Gasteiger partial charge in [0.1, 0.15) is 0 Å². The van der Waals surface area contributed by atoms with Crippen molar-refractivity contribution < 1.29 is 18.0 Å². The molecule has 0 unspecified atom stereocenters. The first-order chi connectivity index (χ1) is 18.6. The van der Waals surface area contributed by atoms with Gasteiger partial charge in [-0.05, 0) is 55.0 Å². The highest BCUT2D eigenvalue weighted by Gasteiger charge is 2.34. The third-order valence-corrected chi connectivity index (χ3v) is 8.97. The molecule has 39 heavy (non-hydrogen) atoms. The Labute approximate surface area is 245 Å². The van der Waals surface area contributed by atoms with E-state index in [-0.39, 0.29) is 17.2 Å². The predicted octanol–water partition coefficient (Wildman–Crippen LogP) is 7.15. The smallest absolute Gasteiger partial charge is 0.266 e. The number of hydrogen-bond donors (Lipinski definition) is 0. The Morgan fingerprint density at radius 3 is 1.90 bits per heavy atom. The SMILES string of the molecule is Cc1ccc(S(=O)(=O)N(C)C(=O)C[C@H](c2ccccc2)N(C(=O)c2ccccc2)c2cc(Br)cc(Br)c2)cc1. The van der Waals surface area contributed by atoms with Gasteiger partial charge in [0.15, 0.2) is 0 Å². The summed E-state index contributed by atoms with van der Waals surface area (Å²) in [6.45, 7) is 1.86. The number of sulfonamides is 1. The van der Waals surface area contributed by atoms with Gasteiger partial charge < -0.3 is 4.90 Å². The minimum atomic E-state index is -4.09. The topological polar surface area (TPSA) is 74.8 Å². The Hall–Kier alpha value is -3.27. The molecule has 4 rings (SSSR count). The molecule has 1 atom stereocenters. The van der Waals surface area contributed by atoms with Crippen LogP contribution in [0.3, 0.4) is 0 Å². The van der Waals surface area contributed by atoms with Crippen molar-refractivity contribution in [3.05, 3.63) is 129 Å². The maximum atomic E-state index is 14.0. The van der Waals surface area contributed by atoms with Crippen LogP contribution in [0.5, 0.6) is 0 Å². The molecule has 0 aliphatic heterocycles. The predicted molar refractivity (Wildman–Crippen MR) is 160 cm³/mol. The number of hydrogen-bond acceptors (Lipinski definition) is 4. The highest BCUT2D eigenvalue weighted by Crippen LogP contribution is 2.36. The molecule has 4 aromatic rings. The van der Waals surface area contributed by atoms with E-state index < -0.39 is 22.0 Å². The van der Waals surface area contributed by atoms with E-state index >= 15 is 0 Å². The van der Waals surface area contributed by atoms with Gasteiger partial charge in [-0.2, -0.15) is 0 Å². The van der Waals surface area contributed by atoms with Gasteiger partial charge in [-0.3, -0.25) is 9.59 Å². The lowest BCUT2D eigenvalue weighted by Crippen LogP contribution is -2.40. The van der Waals surface area contributed by atoms with Gasteiger partial charge in [0.2, 0.25) is 5.91 Å². The van der Waals surface area contributed by atoms with Crippen molar-refractivity contribution in [1.29, 1.82) is 0 Å². The average molecular weight is 670 g/mol. The Morgan fingerprint density at radius 1 is 0.795 bits per heavy atom. The first-order valence-electron chi connectivity index (χ1n) is 12.1. The van der Waals surface area contributed by atoms with Gasteiger partial charge >= 0.3 is 0 Å². The van der Waals surface area contributed by atoms with E-state index in [9.17, 15) is 18.0 Å². The van der Waals surface area contributed by atoms with E-state index in [1.165, 1.54) is 19.2 Å². The second kappa shape index (κ2) is 12.3. The zero-order chi connectivity index (χ0) is 28.2. The van der Waals surface area contributed by atoms with Crippen LogP contribution in [-0.4, -0.2) is 31.6 Å². The third kappa shape index (κ3) is 6.66. The van der Waals surface area contributed by atoms with Crippen LogP contribution in [0.25, 0.3) is 0 Å². The van der Waals surface area contributed by atoms with Gasteiger partial charge in [-0.15, -0.1) is 0 Å². The number of benzene rings is 4. The minimum Gasteiger partial charge on any atom is -0.300 e. The van der Waals surface area contributed by atoms with Crippen molar-refractivity contribution >= 4 is 59.4 Å². The molecular weight excluding hydrogens is 644 g/mol. The Kier molecular flexibility index (Phi) is 9.04. The fraction of sp³-hybridized carbons (Fsp3) is 0.133. The summed E-state index contributed by atoms with van der Waals surface area (Å²) in [7, 11) is -2.84. The highest BCUT2D eigenvalue weighted by atomic mass is 79.9. The molecule has 0 saturated heterocycles. The molecule has 9 heteroatoms. The second-order valence-electron chi connectivity index (χ2n) is 8.98. The summed E-state index contributed by atoms with van der Waals surface area (Å²) in [6.07, 6.45) is -0.270. The van der Waals surface area contributed by atoms with E-state index in [0.29, 0.717) is 16.8 Å². The number of anilines is 1. The lowest BCUT2D eigenvalue weighted by Gasteiger charge is -2.33. The maximum absolute atomic E-state index is 14.0. The summed E-state index contributed by atoms with van der Waals surface area (Å²) in [6, 6.07) is 28.9. The van der Waals surface area contributed by atoms with Crippen LogP contribution >= 0.6 is 31.9 Å². The van der Waals surface area contributed by atoms with E-state index in [2.05, 4.69) is 31.9 Å². The molecule has 2 amide bonds. The van der Waals surface area contributed by atoms with Crippen molar-refractivity contribution in [2.45, 2.75) is 24.3 Å². The standard InChI is InChI=1S/C30H26Br2N2O4S/c1-21-13-15-27(16-14-21)39(37,38)33(2)29(35)20-28(22-9-5-3-6-10-22)34(26-18-24(31)17-25(32)19-26)30(36)23-11-7-4-8-12-23/h3-19,28H,20H2,1-2H3/t28-/m1/s1. The minimum absolute atomic E-state index is 0.0216. The maximum Gasteiger partial charge on any atom is 0.266 e. The van der Waals surface area contributed by atoms with Crippen LogP contribution < -0.4 is 4.90 Å². The molecule has 0 aliphatic rings. The van der Waals surface area contributed by atoms with Gasteiger partial charge in [-0.1, -0.05) is 98.1 Å². The van der Waals surface area contributed by atoms with E-state index in [4.69, 9.17) is 0 Å². The number of amides is 2. The Balaban J connectivity index is 1.80. The van der Waals surface area contributed by atoms with Gasteiger partial charge in [0.05, 0.1) is 17.4 Å². The molecule has 0 saturated carbocycles. The summed E-state index contributed by atoms with van der Waals surface area (Å²) in [4.78, 5) is 29.2. The highest BCUT2D eigenvalue weighted by molar-refractivity contribution is 9.11. The first kappa shape index (κ1) is 28.7. The Bertz CT molecular complexity index is 1560. The molecule has 0 bridgehead atoms. The van der Waals surface area contributed by atoms with Crippen LogP contribution in [0.2, 0.25) is 0 Å². The first-order valence-corrected chi connectivity index (χ1v) is 15.1. The van der Waals surface area contributed by atoms with Crippen LogP contribution in [0.15, 0.2) is 117 Å². The van der Waals surface area contributed by atoms with Crippen molar-refractivity contribution in [2.75, 3.05) is 11.9 Å². The zero-order valence-electron chi connectivity index (χ0n) is 21.3. The number of carbonyl (C=O) groups is 2. The number of halogens is 2. The molecule has 0 fully saturated rings. The molecule has 6 nitrogen and oxygen atoms in total. The summed E-state index contributed by atoms with van der Waals surface area (Å²) >= 11 is 7.00. The number of carbonyl (C=O) groups excluding carboxylic acids is 2. The lowest BCUT2D eigenvalue weighted by molar-refractivity contribution is -0.126. The van der Waals surface area contributed by atoms with Crippen molar-refractivity contribution in [1.82, 2.24) is 4.31 Å². The average Bonchev–Trinajstić information content (AvgIpc) is 2.92. The molecule has 0 heterocycles. The normalized spacial score (nSPS) is 12.0. The van der Waals surface area contributed by atoms with Crippen LogP contribution in [0.4, 0.5) is 5.69 Å². The molecule has 4 aromatic carbocycles. The number of nitrogens with zero attached hydrogens (tertiary/aromatic N) is 2. The largest absolute Gasteiger partial charge is 0.300 e. The Morgan fingerprint density at radius 2 is 1.33 bits per heavy atom. The van der Waals surface area contributed by atoms with Crippen LogP contribution in [-0.2, 0) is 14.8 Å². The number of rotatable bonds is 8. The van der Waals surface area contributed by atoms with Gasteiger partial charge in [-0.25, -0.2) is 12.7 Å². The summed E-state index contributed by atoms with van der Waals surface area (Å²) < 4.78 is 28.8. The fourth-order valence-corrected chi connectivity index (χ4v) is 6.58.